The van der Waals surface area contributed by atoms with Crippen LogP contribution >= 0.6 is 0 Å². The quantitative estimate of drug-likeness (QED) is 0.471. The van der Waals surface area contributed by atoms with Crippen molar-refractivity contribution in [1.29, 1.82) is 0 Å². The van der Waals surface area contributed by atoms with Crippen molar-refractivity contribution in [3.05, 3.63) is 76.4 Å². The van der Waals surface area contributed by atoms with Gasteiger partial charge in [-0.25, -0.2) is 0 Å². The van der Waals surface area contributed by atoms with E-state index < -0.39 is 0 Å². The second-order valence-electron chi connectivity index (χ2n) is 9.26. The largest absolute Gasteiger partial charge is 0.299 e. The first-order valence-electron chi connectivity index (χ1n) is 11.0. The number of likely N-dealkylation sites (tertiary alicyclic amines) is 1. The van der Waals surface area contributed by atoms with Crippen molar-refractivity contribution < 1.29 is 0 Å². The Hall–Kier alpha value is -1.86. The first-order chi connectivity index (χ1) is 13.4. The summed E-state index contributed by atoms with van der Waals surface area (Å²) < 4.78 is 0. The van der Waals surface area contributed by atoms with Gasteiger partial charge >= 0.3 is 0 Å². The maximum absolute atomic E-state index is 2.55. The van der Waals surface area contributed by atoms with E-state index in [1.54, 1.807) is 5.57 Å². The monoisotopic (exact) mass is 375 g/mol. The highest BCUT2D eigenvalue weighted by Gasteiger charge is 2.26. The highest BCUT2D eigenvalue weighted by Crippen LogP contribution is 2.40. The third-order valence-corrected chi connectivity index (χ3v) is 6.29. The Balaban J connectivity index is 1.57. The molecule has 1 aromatic carbocycles. The Morgan fingerprint density at radius 1 is 1.04 bits per heavy atom. The molecule has 0 atom stereocenters. The highest BCUT2D eigenvalue weighted by molar-refractivity contribution is 5.52. The fraction of sp³-hybridized carbons (Fsp3) is 0.481. The van der Waals surface area contributed by atoms with E-state index in [1.165, 1.54) is 67.5 Å². The standard InChI is InChI=1S/C27H37N/c1-22(12-17-26-23(2)10-8-18-27(26,3)4)9-7-11-24-13-15-25(16-14-24)21-28-19-5-6-20-28/h7,9,11-17H,5-6,8,10,18-21H2,1-4H3/b11-7+,17-12+,22-9+. The van der Waals surface area contributed by atoms with Crippen LogP contribution in [-0.4, -0.2) is 18.0 Å². The molecular formula is C27H37N. The number of hydrogen-bond donors (Lipinski definition) is 0. The van der Waals surface area contributed by atoms with Crippen LogP contribution < -0.4 is 0 Å². The molecule has 1 aliphatic carbocycles. The number of allylic oxidation sites excluding steroid dienone is 7. The Morgan fingerprint density at radius 2 is 1.75 bits per heavy atom. The molecule has 0 unspecified atom stereocenters. The molecule has 0 amide bonds. The normalized spacial score (nSPS) is 21.4. The highest BCUT2D eigenvalue weighted by atomic mass is 15.1. The predicted molar refractivity (Wildman–Crippen MR) is 123 cm³/mol. The van der Waals surface area contributed by atoms with E-state index in [0.29, 0.717) is 5.41 Å². The van der Waals surface area contributed by atoms with E-state index in [2.05, 4.69) is 87.2 Å². The van der Waals surface area contributed by atoms with Gasteiger partial charge in [-0.1, -0.05) is 79.6 Å². The van der Waals surface area contributed by atoms with Gasteiger partial charge in [0.2, 0.25) is 0 Å². The van der Waals surface area contributed by atoms with Crippen LogP contribution in [0.5, 0.6) is 0 Å². The van der Waals surface area contributed by atoms with E-state index in [0.717, 1.165) is 6.54 Å². The average Bonchev–Trinajstić information content (AvgIpc) is 3.15. The third kappa shape index (κ3) is 5.82. The summed E-state index contributed by atoms with van der Waals surface area (Å²) >= 11 is 0. The molecule has 1 aliphatic heterocycles. The molecular weight excluding hydrogens is 338 g/mol. The van der Waals surface area contributed by atoms with Gasteiger partial charge in [0, 0.05) is 6.54 Å². The molecule has 28 heavy (non-hydrogen) atoms. The third-order valence-electron chi connectivity index (χ3n) is 6.29. The molecule has 150 valence electrons. The molecule has 3 rings (SSSR count). The molecule has 1 heterocycles. The smallest absolute Gasteiger partial charge is 0.0233 e. The van der Waals surface area contributed by atoms with Crippen molar-refractivity contribution in [3.63, 3.8) is 0 Å². The summed E-state index contributed by atoms with van der Waals surface area (Å²) in [7, 11) is 0. The zero-order valence-corrected chi connectivity index (χ0v) is 18.3. The Kier molecular flexibility index (Phi) is 7.13. The fourth-order valence-electron chi connectivity index (χ4n) is 4.52. The number of nitrogens with zero attached hydrogens (tertiary/aromatic N) is 1. The van der Waals surface area contributed by atoms with Crippen molar-refractivity contribution in [2.45, 2.75) is 66.3 Å². The van der Waals surface area contributed by atoms with Crippen LogP contribution in [0.2, 0.25) is 0 Å². The van der Waals surface area contributed by atoms with Gasteiger partial charge in [-0.15, -0.1) is 0 Å². The summed E-state index contributed by atoms with van der Waals surface area (Å²) in [5, 5.41) is 0. The predicted octanol–water partition coefficient (Wildman–Crippen LogP) is 7.32. The van der Waals surface area contributed by atoms with E-state index in [1.807, 2.05) is 0 Å². The van der Waals surface area contributed by atoms with Crippen LogP contribution in [0.3, 0.4) is 0 Å². The van der Waals surface area contributed by atoms with E-state index in [4.69, 9.17) is 0 Å². The van der Waals surface area contributed by atoms with Crippen molar-refractivity contribution in [1.82, 2.24) is 4.90 Å². The van der Waals surface area contributed by atoms with Crippen LogP contribution in [0.15, 0.2) is 65.3 Å². The lowest BCUT2D eigenvalue weighted by atomic mass is 9.72. The molecule has 0 bridgehead atoms. The lowest BCUT2D eigenvalue weighted by molar-refractivity contribution is 0.331. The topological polar surface area (TPSA) is 3.24 Å². The van der Waals surface area contributed by atoms with Gasteiger partial charge in [0.05, 0.1) is 0 Å². The molecule has 0 aromatic heterocycles. The molecule has 0 radical (unpaired) electrons. The van der Waals surface area contributed by atoms with Crippen molar-refractivity contribution in [2.24, 2.45) is 5.41 Å². The molecule has 0 N–H and O–H groups in total. The zero-order valence-electron chi connectivity index (χ0n) is 18.3. The molecule has 1 heteroatoms. The van der Waals surface area contributed by atoms with Gasteiger partial charge in [-0.3, -0.25) is 4.90 Å². The molecule has 0 saturated carbocycles. The van der Waals surface area contributed by atoms with Crippen LogP contribution in [-0.2, 0) is 6.54 Å². The van der Waals surface area contributed by atoms with Gasteiger partial charge in [0.25, 0.3) is 0 Å². The van der Waals surface area contributed by atoms with Gasteiger partial charge in [0.15, 0.2) is 0 Å². The zero-order chi connectivity index (χ0) is 20.0. The van der Waals surface area contributed by atoms with Gasteiger partial charge in [0.1, 0.15) is 0 Å². The first kappa shape index (κ1) is 20.9. The summed E-state index contributed by atoms with van der Waals surface area (Å²) in [4.78, 5) is 2.55. The Labute approximate surface area is 172 Å². The van der Waals surface area contributed by atoms with Crippen LogP contribution in [0, 0.1) is 5.41 Å². The minimum absolute atomic E-state index is 0.311. The Bertz CT molecular complexity index is 765. The Morgan fingerprint density at radius 3 is 2.43 bits per heavy atom. The van der Waals surface area contributed by atoms with Crippen molar-refractivity contribution in [2.75, 3.05) is 13.1 Å². The summed E-state index contributed by atoms with van der Waals surface area (Å²) in [6.45, 7) is 12.8. The SMILES string of the molecule is CC1=C(/C=C/C(C)=C/C=C/c2ccc(CN3CCCC3)cc2)C(C)(C)CCC1. The van der Waals surface area contributed by atoms with E-state index in [-0.39, 0.29) is 0 Å². The number of rotatable bonds is 6. The molecule has 1 aromatic rings. The molecule has 1 saturated heterocycles. The number of benzene rings is 1. The molecule has 2 aliphatic rings. The van der Waals surface area contributed by atoms with Gasteiger partial charge in [-0.05, 0) is 81.2 Å². The molecule has 1 fully saturated rings. The molecule has 0 spiro atoms. The van der Waals surface area contributed by atoms with Gasteiger partial charge < -0.3 is 0 Å². The maximum Gasteiger partial charge on any atom is 0.0233 e. The minimum atomic E-state index is 0.311. The summed E-state index contributed by atoms with van der Waals surface area (Å²) in [6.07, 6.45) is 17.8. The van der Waals surface area contributed by atoms with Crippen molar-refractivity contribution >= 4 is 6.08 Å². The summed E-state index contributed by atoms with van der Waals surface area (Å²) in [5.74, 6) is 0. The lowest BCUT2D eigenvalue weighted by Crippen LogP contribution is -2.19. The second kappa shape index (κ2) is 9.56. The first-order valence-corrected chi connectivity index (χ1v) is 11.0. The van der Waals surface area contributed by atoms with Crippen LogP contribution in [0.4, 0.5) is 0 Å². The summed E-state index contributed by atoms with van der Waals surface area (Å²) in [6, 6.07) is 9.02. The maximum atomic E-state index is 2.55. The fourth-order valence-corrected chi connectivity index (χ4v) is 4.52. The average molecular weight is 376 g/mol. The molecule has 1 nitrogen and oxygen atoms in total. The van der Waals surface area contributed by atoms with E-state index in [9.17, 15) is 0 Å². The van der Waals surface area contributed by atoms with Crippen molar-refractivity contribution in [3.8, 4) is 0 Å². The van der Waals surface area contributed by atoms with Gasteiger partial charge in [-0.2, -0.15) is 0 Å². The van der Waals surface area contributed by atoms with Crippen LogP contribution in [0.25, 0.3) is 6.08 Å². The second-order valence-corrected chi connectivity index (χ2v) is 9.26. The minimum Gasteiger partial charge on any atom is -0.299 e. The summed E-state index contributed by atoms with van der Waals surface area (Å²) in [5.41, 5.74) is 7.39. The number of hydrogen-bond acceptors (Lipinski definition) is 1. The lowest BCUT2D eigenvalue weighted by Gasteiger charge is -2.32. The van der Waals surface area contributed by atoms with E-state index >= 15 is 0 Å². The van der Waals surface area contributed by atoms with Crippen LogP contribution in [0.1, 0.15) is 70.9 Å².